The molecule has 1 heterocycles. The van der Waals surface area contributed by atoms with Gasteiger partial charge in [-0.1, -0.05) is 0 Å². The van der Waals surface area contributed by atoms with Crippen LogP contribution in [-0.4, -0.2) is 23.5 Å². The molecular formula is C10H7F2N3O3S. The molecule has 0 radical (unpaired) electrons. The second-order valence-electron chi connectivity index (χ2n) is 3.43. The average molecular weight is 287 g/mol. The van der Waals surface area contributed by atoms with Crippen LogP contribution in [0.2, 0.25) is 0 Å². The third kappa shape index (κ3) is 2.76. The zero-order chi connectivity index (χ0) is 14.0. The number of aromatic hydroxyl groups is 1. The Labute approximate surface area is 106 Å². The number of halogens is 2. The molecule has 0 aliphatic rings. The van der Waals surface area contributed by atoms with E-state index in [4.69, 9.17) is 5.11 Å². The third-order valence-corrected chi connectivity index (χ3v) is 3.48. The lowest BCUT2D eigenvalue weighted by molar-refractivity contribution is 0.422. The molecule has 1 aromatic carbocycles. The molecule has 0 fully saturated rings. The normalized spacial score (nSPS) is 11.3. The van der Waals surface area contributed by atoms with Crippen LogP contribution in [0.5, 0.6) is 5.75 Å². The lowest BCUT2D eigenvalue weighted by Gasteiger charge is -2.08. The Morgan fingerprint density at radius 1 is 1.21 bits per heavy atom. The first-order valence-corrected chi connectivity index (χ1v) is 6.35. The Morgan fingerprint density at radius 2 is 1.95 bits per heavy atom. The molecule has 100 valence electrons. The van der Waals surface area contributed by atoms with Crippen LogP contribution in [0.4, 0.5) is 14.6 Å². The minimum atomic E-state index is -4.35. The summed E-state index contributed by atoms with van der Waals surface area (Å²) in [4.78, 5) is 6.24. The maximum absolute atomic E-state index is 13.5. The van der Waals surface area contributed by atoms with Crippen LogP contribution in [0.3, 0.4) is 0 Å². The molecule has 0 amide bonds. The topological polar surface area (TPSA) is 92.2 Å². The Kier molecular flexibility index (Phi) is 3.30. The van der Waals surface area contributed by atoms with Gasteiger partial charge in [0.1, 0.15) is 22.9 Å². The number of aromatic nitrogens is 2. The molecule has 0 saturated carbocycles. The predicted molar refractivity (Wildman–Crippen MR) is 60.9 cm³/mol. The number of rotatable bonds is 3. The second-order valence-corrected chi connectivity index (χ2v) is 5.08. The van der Waals surface area contributed by atoms with Crippen LogP contribution in [0.15, 0.2) is 35.6 Å². The minimum absolute atomic E-state index is 0.0946. The van der Waals surface area contributed by atoms with Crippen molar-refractivity contribution in [2.75, 3.05) is 4.72 Å². The van der Waals surface area contributed by atoms with Crippen LogP contribution in [-0.2, 0) is 10.0 Å². The van der Waals surface area contributed by atoms with Crippen LogP contribution >= 0.6 is 0 Å². The average Bonchev–Trinajstić information content (AvgIpc) is 2.34. The number of hydrogen-bond acceptors (Lipinski definition) is 5. The first-order valence-electron chi connectivity index (χ1n) is 4.87. The summed E-state index contributed by atoms with van der Waals surface area (Å²) in [5.41, 5.74) is 0. The number of anilines is 1. The van der Waals surface area contributed by atoms with Crippen LogP contribution in [0, 0.1) is 11.6 Å². The molecular weight excluding hydrogens is 280 g/mol. The zero-order valence-electron chi connectivity index (χ0n) is 9.21. The fourth-order valence-corrected chi connectivity index (χ4v) is 2.35. The highest BCUT2D eigenvalue weighted by molar-refractivity contribution is 7.92. The molecule has 0 aliphatic heterocycles. The van der Waals surface area contributed by atoms with E-state index in [1.165, 1.54) is 12.3 Å². The highest BCUT2D eigenvalue weighted by Gasteiger charge is 2.22. The summed E-state index contributed by atoms with van der Waals surface area (Å²) < 4.78 is 52.2. The summed E-state index contributed by atoms with van der Waals surface area (Å²) in [5, 5.41) is 8.93. The lowest BCUT2D eigenvalue weighted by Crippen LogP contribution is -2.15. The van der Waals surface area contributed by atoms with E-state index in [1.807, 2.05) is 4.72 Å². The lowest BCUT2D eigenvalue weighted by atomic mass is 10.3. The third-order valence-electron chi connectivity index (χ3n) is 2.11. The van der Waals surface area contributed by atoms with Crippen molar-refractivity contribution < 1.29 is 22.3 Å². The monoisotopic (exact) mass is 287 g/mol. The van der Waals surface area contributed by atoms with E-state index >= 15 is 0 Å². The van der Waals surface area contributed by atoms with Gasteiger partial charge in [-0.05, 0) is 6.07 Å². The van der Waals surface area contributed by atoms with Gasteiger partial charge in [0, 0.05) is 18.3 Å². The van der Waals surface area contributed by atoms with Crippen molar-refractivity contribution in [1.82, 2.24) is 9.97 Å². The van der Waals surface area contributed by atoms with E-state index in [0.29, 0.717) is 12.1 Å². The van der Waals surface area contributed by atoms with Crippen molar-refractivity contribution in [2.24, 2.45) is 0 Å². The van der Waals surface area contributed by atoms with Crippen molar-refractivity contribution in [2.45, 2.75) is 4.90 Å². The van der Waals surface area contributed by atoms with Crippen molar-refractivity contribution in [3.05, 3.63) is 42.4 Å². The molecule has 0 unspecified atom stereocenters. The summed E-state index contributed by atoms with van der Waals surface area (Å²) in [6.45, 7) is 0. The number of phenols is 1. The number of sulfonamides is 1. The van der Waals surface area contributed by atoms with E-state index in [1.54, 1.807) is 0 Å². The summed E-state index contributed by atoms with van der Waals surface area (Å²) in [6, 6.07) is 2.00. The highest BCUT2D eigenvalue weighted by Crippen LogP contribution is 2.24. The number of benzene rings is 1. The van der Waals surface area contributed by atoms with Gasteiger partial charge in [-0.25, -0.2) is 27.2 Å². The molecule has 0 aliphatic carbocycles. The van der Waals surface area contributed by atoms with Crippen molar-refractivity contribution in [3.63, 3.8) is 0 Å². The standard InChI is InChI=1S/C10H7F2N3O3S/c11-6-4-9(7(12)3-8(6)16)19(17,18)15-10-1-2-13-5-14-10/h1-5,16H,(H,13,14,15). The molecule has 0 spiro atoms. The summed E-state index contributed by atoms with van der Waals surface area (Å²) in [6.07, 6.45) is 2.37. The Hall–Kier alpha value is -2.29. The molecule has 1 aromatic heterocycles. The maximum atomic E-state index is 13.5. The SMILES string of the molecule is O=S(=O)(Nc1ccncn1)c1cc(F)c(O)cc1F. The number of nitrogens with zero attached hydrogens (tertiary/aromatic N) is 2. The van der Waals surface area contributed by atoms with Crippen LogP contribution < -0.4 is 4.72 Å². The Bertz CT molecular complexity index is 707. The molecule has 6 nitrogen and oxygen atoms in total. The van der Waals surface area contributed by atoms with E-state index in [2.05, 4.69) is 9.97 Å². The molecule has 2 N–H and O–H groups in total. The van der Waals surface area contributed by atoms with Gasteiger partial charge in [0.2, 0.25) is 0 Å². The van der Waals surface area contributed by atoms with Gasteiger partial charge in [0.05, 0.1) is 0 Å². The quantitative estimate of drug-likeness (QED) is 0.886. The fourth-order valence-electron chi connectivity index (χ4n) is 1.27. The van der Waals surface area contributed by atoms with Gasteiger partial charge in [-0.3, -0.25) is 4.72 Å². The van der Waals surface area contributed by atoms with E-state index < -0.39 is 32.3 Å². The molecule has 0 saturated heterocycles. The minimum Gasteiger partial charge on any atom is -0.505 e. The summed E-state index contributed by atoms with van der Waals surface area (Å²) in [7, 11) is -4.35. The summed E-state index contributed by atoms with van der Waals surface area (Å²) >= 11 is 0. The maximum Gasteiger partial charge on any atom is 0.266 e. The van der Waals surface area contributed by atoms with Crippen molar-refractivity contribution >= 4 is 15.8 Å². The smallest absolute Gasteiger partial charge is 0.266 e. The number of nitrogens with one attached hydrogen (secondary N) is 1. The Morgan fingerprint density at radius 3 is 2.58 bits per heavy atom. The molecule has 2 aromatic rings. The van der Waals surface area contributed by atoms with E-state index in [9.17, 15) is 17.2 Å². The van der Waals surface area contributed by atoms with Gasteiger partial charge in [-0.15, -0.1) is 0 Å². The molecule has 19 heavy (non-hydrogen) atoms. The second kappa shape index (κ2) is 4.76. The van der Waals surface area contributed by atoms with Gasteiger partial charge >= 0.3 is 0 Å². The van der Waals surface area contributed by atoms with E-state index in [-0.39, 0.29) is 5.82 Å². The largest absolute Gasteiger partial charge is 0.505 e. The molecule has 0 bridgehead atoms. The zero-order valence-corrected chi connectivity index (χ0v) is 10.0. The number of phenolic OH excluding ortho intramolecular Hbond substituents is 1. The summed E-state index contributed by atoms with van der Waals surface area (Å²) in [5.74, 6) is -3.59. The fraction of sp³-hybridized carbons (Fsp3) is 0. The van der Waals surface area contributed by atoms with Crippen LogP contribution in [0.25, 0.3) is 0 Å². The molecule has 0 atom stereocenters. The molecule has 2 rings (SSSR count). The first-order chi connectivity index (χ1) is 8.90. The number of hydrogen-bond donors (Lipinski definition) is 2. The van der Waals surface area contributed by atoms with Crippen molar-refractivity contribution in [3.8, 4) is 5.75 Å². The van der Waals surface area contributed by atoms with Gasteiger partial charge < -0.3 is 5.11 Å². The molecule has 9 heteroatoms. The van der Waals surface area contributed by atoms with Crippen LogP contribution in [0.1, 0.15) is 0 Å². The highest BCUT2D eigenvalue weighted by atomic mass is 32.2. The van der Waals surface area contributed by atoms with Gasteiger partial charge in [-0.2, -0.15) is 0 Å². The van der Waals surface area contributed by atoms with Gasteiger partial charge in [0.15, 0.2) is 11.6 Å². The van der Waals surface area contributed by atoms with E-state index in [0.717, 1.165) is 6.33 Å². The van der Waals surface area contributed by atoms with Gasteiger partial charge in [0.25, 0.3) is 10.0 Å². The predicted octanol–water partition coefficient (Wildman–Crippen LogP) is 1.26. The Balaban J connectivity index is 2.43. The van der Waals surface area contributed by atoms with Crippen molar-refractivity contribution in [1.29, 1.82) is 0 Å². The first kappa shape index (κ1) is 13.1.